The number of aromatic nitrogens is 1. The molecule has 0 aliphatic carbocycles. The number of hydrogen-bond donors (Lipinski definition) is 0. The molecule has 20 heavy (non-hydrogen) atoms. The van der Waals surface area contributed by atoms with Gasteiger partial charge < -0.3 is 9.47 Å². The van der Waals surface area contributed by atoms with Crippen LogP contribution in [0.5, 0.6) is 5.75 Å². The predicted molar refractivity (Wildman–Crippen MR) is 73.6 cm³/mol. The summed E-state index contributed by atoms with van der Waals surface area (Å²) < 4.78 is 23.3. The molecular formula is C14H14FNO3S. The largest absolute Gasteiger partial charge is 0.486 e. The lowest BCUT2D eigenvalue weighted by molar-refractivity contribution is 0.101. The van der Waals surface area contributed by atoms with Gasteiger partial charge in [-0.1, -0.05) is 0 Å². The molecule has 0 atom stereocenters. The highest BCUT2D eigenvalue weighted by Crippen LogP contribution is 2.22. The molecule has 1 heterocycles. The van der Waals surface area contributed by atoms with Gasteiger partial charge in [-0.25, -0.2) is 9.37 Å². The highest BCUT2D eigenvalue weighted by atomic mass is 32.1. The highest BCUT2D eigenvalue weighted by Gasteiger charge is 2.15. The van der Waals surface area contributed by atoms with Gasteiger partial charge in [-0.2, -0.15) is 0 Å². The van der Waals surface area contributed by atoms with Crippen LogP contribution in [0.1, 0.15) is 27.3 Å². The molecule has 4 nitrogen and oxygen atoms in total. The second-order valence-corrected chi connectivity index (χ2v) is 5.20. The maximum atomic E-state index is 12.8. The van der Waals surface area contributed by atoms with Crippen molar-refractivity contribution in [1.29, 1.82) is 0 Å². The molecule has 1 aromatic heterocycles. The Balaban J connectivity index is 2.07. The van der Waals surface area contributed by atoms with Crippen molar-refractivity contribution in [2.45, 2.75) is 20.1 Å². The van der Waals surface area contributed by atoms with Crippen molar-refractivity contribution in [2.24, 2.45) is 0 Å². The Kier molecular flexibility index (Phi) is 4.81. The molecule has 0 unspecified atom stereocenters. The zero-order valence-electron chi connectivity index (χ0n) is 11.2. The normalized spacial score (nSPS) is 10.6. The first-order valence-corrected chi connectivity index (χ1v) is 6.78. The number of hydrogen-bond acceptors (Lipinski definition) is 5. The van der Waals surface area contributed by atoms with Crippen molar-refractivity contribution in [3.8, 4) is 5.75 Å². The molecular weight excluding hydrogens is 281 g/mol. The maximum Gasteiger partial charge on any atom is 0.171 e. The van der Waals surface area contributed by atoms with Crippen molar-refractivity contribution >= 4 is 17.1 Å². The van der Waals surface area contributed by atoms with E-state index in [1.807, 2.05) is 0 Å². The van der Waals surface area contributed by atoms with Crippen LogP contribution in [0, 0.1) is 5.82 Å². The predicted octanol–water partition coefficient (Wildman–Crippen LogP) is 3.21. The first-order valence-electron chi connectivity index (χ1n) is 5.97. The Labute approximate surface area is 120 Å². The van der Waals surface area contributed by atoms with E-state index < -0.39 is 0 Å². The molecule has 0 bridgehead atoms. The summed E-state index contributed by atoms with van der Waals surface area (Å²) in [4.78, 5) is 16.4. The summed E-state index contributed by atoms with van der Waals surface area (Å²) in [5.74, 6) is 0.203. The standard InChI is InChI=1S/C14H14FNO3S/c1-9(17)14-12(7-18-2)16-13(20-14)8-19-11-5-3-10(15)4-6-11/h3-6H,7-8H2,1-2H3. The summed E-state index contributed by atoms with van der Waals surface area (Å²) in [6, 6.07) is 5.75. The number of carbonyl (C=O) groups excluding carboxylic acids is 1. The van der Waals surface area contributed by atoms with Gasteiger partial charge in [0.25, 0.3) is 0 Å². The zero-order valence-corrected chi connectivity index (χ0v) is 12.0. The second-order valence-electron chi connectivity index (χ2n) is 4.12. The topological polar surface area (TPSA) is 48.4 Å². The molecule has 6 heteroatoms. The van der Waals surface area contributed by atoms with E-state index in [4.69, 9.17) is 9.47 Å². The SMILES string of the molecule is COCc1nc(COc2ccc(F)cc2)sc1C(C)=O. The van der Waals surface area contributed by atoms with Crippen LogP contribution in [0.3, 0.4) is 0 Å². The van der Waals surface area contributed by atoms with E-state index >= 15 is 0 Å². The van der Waals surface area contributed by atoms with Crippen molar-refractivity contribution in [2.75, 3.05) is 7.11 Å². The number of ketones is 1. The van der Waals surface area contributed by atoms with Gasteiger partial charge in [0.15, 0.2) is 5.78 Å². The first kappa shape index (κ1) is 14.6. The van der Waals surface area contributed by atoms with E-state index in [9.17, 15) is 9.18 Å². The van der Waals surface area contributed by atoms with Crippen LogP contribution >= 0.6 is 11.3 Å². The summed E-state index contributed by atoms with van der Waals surface area (Å²) >= 11 is 1.29. The third-order valence-electron chi connectivity index (χ3n) is 2.52. The van der Waals surface area contributed by atoms with Crippen LogP contribution in [0.15, 0.2) is 24.3 Å². The number of methoxy groups -OCH3 is 1. The van der Waals surface area contributed by atoms with Gasteiger partial charge in [0.1, 0.15) is 23.2 Å². The molecule has 0 saturated heterocycles. The number of benzene rings is 1. The molecule has 106 valence electrons. The third-order valence-corrected chi connectivity index (χ3v) is 3.69. The Hall–Kier alpha value is -1.79. The lowest BCUT2D eigenvalue weighted by Crippen LogP contribution is -1.98. The molecule has 0 spiro atoms. The molecule has 2 aromatic rings. The molecule has 0 saturated carbocycles. The Morgan fingerprint density at radius 2 is 2.00 bits per heavy atom. The van der Waals surface area contributed by atoms with Gasteiger partial charge in [0.2, 0.25) is 0 Å². The number of rotatable bonds is 6. The van der Waals surface area contributed by atoms with Gasteiger partial charge >= 0.3 is 0 Å². The minimum absolute atomic E-state index is 0.0393. The van der Waals surface area contributed by atoms with E-state index in [2.05, 4.69) is 4.98 Å². The number of Topliss-reactive ketones (excluding diaryl/α,β-unsaturated/α-hetero) is 1. The van der Waals surface area contributed by atoms with E-state index in [0.29, 0.717) is 27.9 Å². The summed E-state index contributed by atoms with van der Waals surface area (Å²) in [5.41, 5.74) is 0.628. The molecule has 0 N–H and O–H groups in total. The lowest BCUT2D eigenvalue weighted by atomic mass is 10.3. The summed E-state index contributed by atoms with van der Waals surface area (Å²) in [6.45, 7) is 2.03. The van der Waals surface area contributed by atoms with Gasteiger partial charge in [-0.15, -0.1) is 11.3 Å². The monoisotopic (exact) mass is 295 g/mol. The Bertz CT molecular complexity index is 595. The van der Waals surface area contributed by atoms with Crippen LogP contribution in [-0.2, 0) is 18.0 Å². The summed E-state index contributed by atoms with van der Waals surface area (Å²) in [6.07, 6.45) is 0. The maximum absolute atomic E-state index is 12.8. The minimum Gasteiger partial charge on any atom is -0.486 e. The average Bonchev–Trinajstić information content (AvgIpc) is 2.82. The van der Waals surface area contributed by atoms with E-state index in [1.54, 1.807) is 19.2 Å². The molecule has 2 rings (SSSR count). The van der Waals surface area contributed by atoms with Crippen LogP contribution < -0.4 is 4.74 Å². The number of nitrogens with zero attached hydrogens (tertiary/aromatic N) is 1. The fourth-order valence-electron chi connectivity index (χ4n) is 1.65. The number of ether oxygens (including phenoxy) is 2. The molecule has 0 aliphatic rings. The minimum atomic E-state index is -0.312. The zero-order chi connectivity index (χ0) is 14.5. The fraction of sp³-hybridized carbons (Fsp3) is 0.286. The van der Waals surface area contributed by atoms with Crippen molar-refractivity contribution in [3.63, 3.8) is 0 Å². The smallest absolute Gasteiger partial charge is 0.171 e. The van der Waals surface area contributed by atoms with Gasteiger partial charge in [0, 0.05) is 14.0 Å². The Morgan fingerprint density at radius 1 is 1.30 bits per heavy atom. The average molecular weight is 295 g/mol. The molecule has 0 radical (unpaired) electrons. The summed E-state index contributed by atoms with van der Waals surface area (Å²) in [5, 5.41) is 0.687. The lowest BCUT2D eigenvalue weighted by Gasteiger charge is -2.03. The number of halogens is 1. The van der Waals surface area contributed by atoms with E-state index in [-0.39, 0.29) is 18.2 Å². The quantitative estimate of drug-likeness (QED) is 0.768. The van der Waals surface area contributed by atoms with Crippen LogP contribution in [0.2, 0.25) is 0 Å². The fourth-order valence-corrected chi connectivity index (χ4v) is 2.52. The van der Waals surface area contributed by atoms with Crippen LogP contribution in [-0.4, -0.2) is 17.9 Å². The third kappa shape index (κ3) is 3.61. The molecule has 0 amide bonds. The van der Waals surface area contributed by atoms with Crippen molar-refractivity contribution in [3.05, 3.63) is 45.7 Å². The van der Waals surface area contributed by atoms with Gasteiger partial charge in [-0.05, 0) is 24.3 Å². The summed E-state index contributed by atoms with van der Waals surface area (Å²) in [7, 11) is 1.55. The van der Waals surface area contributed by atoms with E-state index in [0.717, 1.165) is 0 Å². The molecule has 0 aliphatic heterocycles. The molecule has 0 fully saturated rings. The molecule has 1 aromatic carbocycles. The van der Waals surface area contributed by atoms with Crippen LogP contribution in [0.25, 0.3) is 0 Å². The van der Waals surface area contributed by atoms with Gasteiger partial charge in [-0.3, -0.25) is 4.79 Å². The second kappa shape index (κ2) is 6.58. The van der Waals surface area contributed by atoms with Crippen molar-refractivity contribution in [1.82, 2.24) is 4.98 Å². The number of thiazole rings is 1. The Morgan fingerprint density at radius 3 is 2.60 bits per heavy atom. The first-order chi connectivity index (χ1) is 9.60. The number of carbonyl (C=O) groups is 1. The highest BCUT2D eigenvalue weighted by molar-refractivity contribution is 7.13. The van der Waals surface area contributed by atoms with Crippen molar-refractivity contribution < 1.29 is 18.7 Å². The van der Waals surface area contributed by atoms with E-state index in [1.165, 1.54) is 30.4 Å². The van der Waals surface area contributed by atoms with Gasteiger partial charge in [0.05, 0.1) is 17.2 Å². The van der Waals surface area contributed by atoms with Crippen LogP contribution in [0.4, 0.5) is 4.39 Å².